The highest BCUT2D eigenvalue weighted by atomic mass is 19.1. The second-order valence-electron chi connectivity index (χ2n) is 7.96. The lowest BCUT2D eigenvalue weighted by molar-refractivity contribution is -0.137. The highest BCUT2D eigenvalue weighted by Crippen LogP contribution is 2.38. The third-order valence-corrected chi connectivity index (χ3v) is 5.51. The van der Waals surface area contributed by atoms with Crippen LogP contribution in [0.15, 0.2) is 48.6 Å². The number of ether oxygens (including phenoxy) is 1. The number of aliphatic hydroxyl groups is 2. The van der Waals surface area contributed by atoms with Crippen LogP contribution in [-0.4, -0.2) is 46.8 Å². The summed E-state index contributed by atoms with van der Waals surface area (Å²) in [7, 11) is 1.64. The highest BCUT2D eigenvalue weighted by Gasteiger charge is 2.40. The van der Waals surface area contributed by atoms with Crippen molar-refractivity contribution in [1.82, 2.24) is 0 Å². The van der Waals surface area contributed by atoms with Crippen LogP contribution >= 0.6 is 0 Å². The van der Waals surface area contributed by atoms with Crippen molar-refractivity contribution < 1.29 is 29.2 Å². The molecule has 3 N–H and O–H groups in total. The maximum Gasteiger partial charge on any atom is 0.303 e. The monoisotopic (exact) mass is 420 g/mol. The molecule has 1 fully saturated rings. The summed E-state index contributed by atoms with van der Waals surface area (Å²) in [5.41, 5.74) is 2.02. The lowest BCUT2D eigenvalue weighted by Crippen LogP contribution is -2.19. The van der Waals surface area contributed by atoms with Crippen LogP contribution in [0.1, 0.15) is 43.2 Å². The molecule has 5 nitrogen and oxygen atoms in total. The molecule has 0 bridgehead atoms. The van der Waals surface area contributed by atoms with Crippen molar-refractivity contribution in [3.63, 3.8) is 0 Å². The number of rotatable bonds is 12. The number of methoxy groups -OCH3 is 1. The van der Waals surface area contributed by atoms with Crippen molar-refractivity contribution in [2.24, 2.45) is 11.8 Å². The van der Waals surface area contributed by atoms with Crippen LogP contribution < -0.4 is 0 Å². The number of hydrogen-bond donors (Lipinski definition) is 3. The van der Waals surface area contributed by atoms with E-state index in [2.05, 4.69) is 0 Å². The van der Waals surface area contributed by atoms with Crippen LogP contribution in [-0.2, 0) is 22.6 Å². The van der Waals surface area contributed by atoms with Crippen molar-refractivity contribution in [3.8, 4) is 0 Å². The molecular weight excluding hydrogens is 387 g/mol. The highest BCUT2D eigenvalue weighted by molar-refractivity contribution is 5.66. The first-order valence-corrected chi connectivity index (χ1v) is 10.5. The number of aliphatic hydroxyl groups excluding tert-OH is 2. The molecule has 5 atom stereocenters. The lowest BCUT2D eigenvalue weighted by atomic mass is 9.89. The average molecular weight is 421 g/mol. The fourth-order valence-corrected chi connectivity index (χ4v) is 3.99. The van der Waals surface area contributed by atoms with E-state index < -0.39 is 24.3 Å². The lowest BCUT2D eigenvalue weighted by Gasteiger charge is -2.19. The van der Waals surface area contributed by atoms with E-state index in [-0.39, 0.29) is 24.7 Å². The number of halogens is 1. The van der Waals surface area contributed by atoms with E-state index in [4.69, 9.17) is 9.84 Å². The summed E-state index contributed by atoms with van der Waals surface area (Å²) >= 11 is 0. The van der Waals surface area contributed by atoms with Gasteiger partial charge in [0, 0.05) is 38.2 Å². The number of carboxylic acid groups (broad SMARTS) is 1. The van der Waals surface area contributed by atoms with Crippen LogP contribution in [0.25, 0.3) is 0 Å². The van der Waals surface area contributed by atoms with Crippen LogP contribution in [0.4, 0.5) is 4.39 Å². The Morgan fingerprint density at radius 3 is 2.83 bits per heavy atom. The summed E-state index contributed by atoms with van der Waals surface area (Å²) < 4.78 is 19.5. The van der Waals surface area contributed by atoms with Crippen molar-refractivity contribution in [3.05, 3.63) is 59.7 Å². The van der Waals surface area contributed by atoms with Crippen molar-refractivity contribution >= 4 is 5.97 Å². The molecule has 30 heavy (non-hydrogen) atoms. The predicted molar refractivity (Wildman–Crippen MR) is 114 cm³/mol. The molecule has 2 rings (SSSR count). The molecule has 0 spiro atoms. The molecule has 0 aliphatic heterocycles. The fourth-order valence-electron chi connectivity index (χ4n) is 3.99. The van der Waals surface area contributed by atoms with Crippen LogP contribution in [0, 0.1) is 11.8 Å². The Labute approximate surface area is 177 Å². The van der Waals surface area contributed by atoms with Gasteiger partial charge >= 0.3 is 5.97 Å². The number of unbranched alkanes of at least 4 members (excludes halogenated alkanes) is 1. The molecule has 1 aliphatic rings. The SMILES string of the molecule is COCc1cccc(C[C@@H](O)/C=C/[C@@H]2[C@@H](C/C=C\CCCC(=O)O)[C@H](F)C[C@H]2O)c1. The summed E-state index contributed by atoms with van der Waals surface area (Å²) in [6, 6.07) is 7.81. The van der Waals surface area contributed by atoms with Gasteiger partial charge in [-0.25, -0.2) is 4.39 Å². The van der Waals surface area contributed by atoms with E-state index in [0.717, 1.165) is 11.1 Å². The predicted octanol–water partition coefficient (Wildman–Crippen LogP) is 3.83. The van der Waals surface area contributed by atoms with Gasteiger partial charge in [-0.2, -0.15) is 0 Å². The molecule has 1 saturated carbocycles. The zero-order chi connectivity index (χ0) is 21.9. The van der Waals surface area contributed by atoms with Crippen LogP contribution in [0.3, 0.4) is 0 Å². The van der Waals surface area contributed by atoms with E-state index in [9.17, 15) is 19.4 Å². The van der Waals surface area contributed by atoms with Crippen molar-refractivity contribution in [1.29, 1.82) is 0 Å². The maximum absolute atomic E-state index is 14.4. The van der Waals surface area contributed by atoms with Gasteiger partial charge in [-0.1, -0.05) is 48.6 Å². The Balaban J connectivity index is 1.89. The minimum absolute atomic E-state index is 0.0989. The molecule has 6 heteroatoms. The molecular formula is C24H33FO5. The Morgan fingerprint density at radius 2 is 2.10 bits per heavy atom. The van der Waals surface area contributed by atoms with Gasteiger partial charge in [-0.3, -0.25) is 4.79 Å². The first kappa shape index (κ1) is 24.3. The normalized spacial score (nSPS) is 25.3. The van der Waals surface area contributed by atoms with E-state index >= 15 is 0 Å². The largest absolute Gasteiger partial charge is 0.481 e. The van der Waals surface area contributed by atoms with Crippen molar-refractivity contribution in [2.45, 2.75) is 63.5 Å². The molecule has 0 amide bonds. The van der Waals surface area contributed by atoms with Crippen LogP contribution in [0.2, 0.25) is 0 Å². The van der Waals surface area contributed by atoms with Gasteiger partial charge in [0.1, 0.15) is 6.17 Å². The molecule has 0 unspecified atom stereocenters. The Kier molecular flexibility index (Phi) is 10.2. The summed E-state index contributed by atoms with van der Waals surface area (Å²) in [5.74, 6) is -1.51. The summed E-state index contributed by atoms with van der Waals surface area (Å²) in [6.07, 6.45) is 6.89. The third-order valence-electron chi connectivity index (χ3n) is 5.51. The van der Waals surface area contributed by atoms with E-state index in [1.54, 1.807) is 19.3 Å². The quantitative estimate of drug-likeness (QED) is 0.353. The zero-order valence-corrected chi connectivity index (χ0v) is 17.5. The molecule has 0 saturated heterocycles. The fraction of sp³-hybridized carbons (Fsp3) is 0.542. The van der Waals surface area contributed by atoms with Gasteiger partial charge in [0.25, 0.3) is 0 Å². The summed E-state index contributed by atoms with van der Waals surface area (Å²) in [4.78, 5) is 10.5. The molecule has 0 radical (unpaired) electrons. The van der Waals surface area contributed by atoms with E-state index in [1.807, 2.05) is 36.4 Å². The molecule has 166 valence electrons. The smallest absolute Gasteiger partial charge is 0.303 e. The maximum atomic E-state index is 14.4. The molecule has 0 aromatic heterocycles. The number of carbonyl (C=O) groups is 1. The van der Waals surface area contributed by atoms with Gasteiger partial charge in [-0.05, 0) is 30.4 Å². The summed E-state index contributed by atoms with van der Waals surface area (Å²) in [6.45, 7) is 0.511. The number of benzene rings is 1. The minimum Gasteiger partial charge on any atom is -0.481 e. The topological polar surface area (TPSA) is 87.0 Å². The second-order valence-corrected chi connectivity index (χ2v) is 7.96. The van der Waals surface area contributed by atoms with Gasteiger partial charge in [0.15, 0.2) is 0 Å². The third kappa shape index (κ3) is 8.01. The Hall–Kier alpha value is -2.02. The van der Waals surface area contributed by atoms with Gasteiger partial charge in [-0.15, -0.1) is 0 Å². The number of hydrogen-bond acceptors (Lipinski definition) is 4. The number of carboxylic acids is 1. The first-order valence-electron chi connectivity index (χ1n) is 10.5. The zero-order valence-electron chi connectivity index (χ0n) is 17.5. The van der Waals surface area contributed by atoms with Crippen LogP contribution in [0.5, 0.6) is 0 Å². The Bertz CT molecular complexity index is 717. The minimum atomic E-state index is -1.10. The molecule has 1 aliphatic carbocycles. The molecule has 1 aromatic rings. The summed E-state index contributed by atoms with van der Waals surface area (Å²) in [5, 5.41) is 29.3. The Morgan fingerprint density at radius 1 is 1.33 bits per heavy atom. The number of aliphatic carboxylic acids is 1. The van der Waals surface area contributed by atoms with Gasteiger partial charge in [0.2, 0.25) is 0 Å². The van der Waals surface area contributed by atoms with Gasteiger partial charge < -0.3 is 20.1 Å². The number of allylic oxidation sites excluding steroid dienone is 2. The standard InChI is InChI=1S/C24H33FO5/c1-30-16-18-8-6-7-17(13-18)14-19(26)11-12-21-20(22(25)15-23(21)27)9-4-2-3-5-10-24(28)29/h2,4,6-8,11-13,19-23,26-27H,3,5,9-10,14-16H2,1H3,(H,28,29)/b4-2-,12-11+/t19-,20+,21+,22+,23+/m0/s1. The van der Waals surface area contributed by atoms with E-state index in [1.165, 1.54) is 0 Å². The van der Waals surface area contributed by atoms with Gasteiger partial charge in [0.05, 0.1) is 18.8 Å². The van der Waals surface area contributed by atoms with E-state index in [0.29, 0.717) is 32.3 Å². The number of alkyl halides is 1. The molecule has 0 heterocycles. The first-order chi connectivity index (χ1) is 14.4. The average Bonchev–Trinajstić information content (AvgIpc) is 2.95. The molecule has 1 aromatic carbocycles. The second kappa shape index (κ2) is 12.6. The van der Waals surface area contributed by atoms with Crippen molar-refractivity contribution in [2.75, 3.05) is 7.11 Å².